The minimum absolute atomic E-state index is 0.00248. The Balaban J connectivity index is 1.90. The van der Waals surface area contributed by atoms with Crippen LogP contribution in [0.1, 0.15) is 18.9 Å². The molecule has 3 unspecified atom stereocenters. The minimum atomic E-state index is 0.00248. The number of rotatable bonds is 3. The molecule has 1 aliphatic carbocycles. The van der Waals surface area contributed by atoms with Crippen molar-refractivity contribution in [2.75, 3.05) is 7.05 Å². The molecule has 3 atom stereocenters. The summed E-state index contributed by atoms with van der Waals surface area (Å²) in [6.45, 7) is 1.94. The summed E-state index contributed by atoms with van der Waals surface area (Å²) in [5.41, 5.74) is 3.13. The lowest BCUT2D eigenvalue weighted by atomic mass is 9.81. The predicted octanol–water partition coefficient (Wildman–Crippen LogP) is 3.01. The Morgan fingerprint density at radius 2 is 2.38 bits per heavy atom. The smallest absolute Gasteiger partial charge is 0.0995 e. The van der Waals surface area contributed by atoms with Gasteiger partial charge >= 0.3 is 0 Å². The van der Waals surface area contributed by atoms with Crippen molar-refractivity contribution < 1.29 is 4.39 Å². The van der Waals surface area contributed by atoms with Crippen LogP contribution in [0.5, 0.6) is 0 Å². The Morgan fingerprint density at radius 3 is 3.10 bits per heavy atom. The van der Waals surface area contributed by atoms with Gasteiger partial charge in [-0.15, -0.1) is 0 Å². The summed E-state index contributed by atoms with van der Waals surface area (Å²) in [5, 5.41) is 6.62. The number of halogens is 1. The van der Waals surface area contributed by atoms with E-state index in [0.29, 0.717) is 6.04 Å². The molecule has 2 aliphatic rings. The van der Waals surface area contributed by atoms with Gasteiger partial charge in [-0.05, 0) is 35.8 Å². The second-order valence-corrected chi connectivity index (χ2v) is 5.68. The molecule has 1 aromatic heterocycles. The molecule has 0 bridgehead atoms. The molecule has 4 heteroatoms. The topological polar surface area (TPSA) is 37.0 Å². The molecule has 3 rings (SSSR count). The lowest BCUT2D eigenvalue weighted by molar-refractivity contribution is 0.354. The molecule has 0 radical (unpaired) electrons. The van der Waals surface area contributed by atoms with E-state index in [9.17, 15) is 4.39 Å². The van der Waals surface area contributed by atoms with Crippen molar-refractivity contribution in [1.82, 2.24) is 15.6 Å². The summed E-state index contributed by atoms with van der Waals surface area (Å²) in [6.07, 6.45) is 10.2. The first kappa shape index (κ1) is 13.9. The van der Waals surface area contributed by atoms with Crippen LogP contribution in [0.15, 0.2) is 53.9 Å². The van der Waals surface area contributed by atoms with Gasteiger partial charge in [0.2, 0.25) is 0 Å². The number of aromatic nitrogens is 1. The van der Waals surface area contributed by atoms with Crippen molar-refractivity contribution in [3.63, 3.8) is 0 Å². The van der Waals surface area contributed by atoms with Gasteiger partial charge in [-0.25, -0.2) is 4.39 Å². The summed E-state index contributed by atoms with van der Waals surface area (Å²) >= 11 is 0. The number of hydrogen-bond acceptors (Lipinski definition) is 3. The maximum atomic E-state index is 13.9. The van der Waals surface area contributed by atoms with Crippen LogP contribution >= 0.6 is 0 Å². The van der Waals surface area contributed by atoms with Crippen LogP contribution in [-0.2, 0) is 0 Å². The Hall–Kier alpha value is -2.10. The van der Waals surface area contributed by atoms with Crippen LogP contribution < -0.4 is 10.6 Å². The highest BCUT2D eigenvalue weighted by molar-refractivity contribution is 5.59. The van der Waals surface area contributed by atoms with Crippen molar-refractivity contribution in [1.29, 1.82) is 0 Å². The largest absolute Gasteiger partial charge is 0.388 e. The van der Waals surface area contributed by atoms with E-state index in [-0.39, 0.29) is 17.7 Å². The molecule has 1 aliphatic heterocycles. The quantitative estimate of drug-likeness (QED) is 0.896. The molecular formula is C17H20FN3. The third kappa shape index (κ3) is 2.71. The van der Waals surface area contributed by atoms with Gasteiger partial charge in [-0.3, -0.25) is 4.98 Å². The fourth-order valence-corrected chi connectivity index (χ4v) is 3.05. The Kier molecular flexibility index (Phi) is 3.78. The van der Waals surface area contributed by atoms with E-state index in [4.69, 9.17) is 0 Å². The molecule has 1 aromatic rings. The molecule has 0 saturated carbocycles. The van der Waals surface area contributed by atoms with E-state index in [1.165, 1.54) is 0 Å². The average Bonchev–Trinajstić information content (AvgIpc) is 2.89. The monoisotopic (exact) mass is 285 g/mol. The molecule has 2 heterocycles. The summed E-state index contributed by atoms with van der Waals surface area (Å²) in [4.78, 5) is 4.12. The molecule has 0 fully saturated rings. The Morgan fingerprint density at radius 1 is 1.52 bits per heavy atom. The first-order valence-electron chi connectivity index (χ1n) is 7.32. The summed E-state index contributed by atoms with van der Waals surface area (Å²) in [6, 6.07) is 4.20. The Bertz CT molecular complexity index is 604. The normalized spacial score (nSPS) is 28.3. The zero-order valence-corrected chi connectivity index (χ0v) is 12.3. The van der Waals surface area contributed by atoms with Gasteiger partial charge in [0, 0.05) is 49.2 Å². The first-order chi connectivity index (χ1) is 10.2. The highest BCUT2D eigenvalue weighted by atomic mass is 19.1. The van der Waals surface area contributed by atoms with Crippen molar-refractivity contribution >= 4 is 6.08 Å². The molecule has 110 valence electrons. The molecule has 0 spiro atoms. The fraction of sp³-hybridized carbons (Fsp3) is 0.353. The van der Waals surface area contributed by atoms with E-state index in [1.807, 2.05) is 44.6 Å². The van der Waals surface area contributed by atoms with Gasteiger partial charge in [0.1, 0.15) is 0 Å². The van der Waals surface area contributed by atoms with E-state index in [1.54, 1.807) is 12.3 Å². The van der Waals surface area contributed by atoms with Gasteiger partial charge in [0.05, 0.1) is 5.83 Å². The number of allylic oxidation sites excluding steroid dienone is 2. The van der Waals surface area contributed by atoms with Gasteiger partial charge in [0.15, 0.2) is 0 Å². The standard InChI is InChI=1S/C17H20FN3/c1-11-6-17-13(8-15(11)18)14(10-21-17)16(19-2)7-12-4-3-5-20-9-12/h3-5,7-11,13,17,19,21H,6H2,1-2H3/b16-7-. The van der Waals surface area contributed by atoms with Crippen molar-refractivity contribution in [2.45, 2.75) is 19.4 Å². The Labute approximate surface area is 124 Å². The molecule has 0 amide bonds. The van der Waals surface area contributed by atoms with Gasteiger partial charge < -0.3 is 10.6 Å². The lowest BCUT2D eigenvalue weighted by Crippen LogP contribution is -2.32. The summed E-state index contributed by atoms with van der Waals surface area (Å²) < 4.78 is 13.9. The maximum absolute atomic E-state index is 13.9. The number of nitrogens with zero attached hydrogens (tertiary/aromatic N) is 1. The molecule has 0 aromatic carbocycles. The van der Waals surface area contributed by atoms with Gasteiger partial charge in [-0.1, -0.05) is 13.0 Å². The van der Waals surface area contributed by atoms with Crippen molar-refractivity contribution in [2.24, 2.45) is 11.8 Å². The van der Waals surface area contributed by atoms with E-state index in [2.05, 4.69) is 15.6 Å². The molecule has 21 heavy (non-hydrogen) atoms. The van der Waals surface area contributed by atoms with Crippen LogP contribution in [-0.4, -0.2) is 18.1 Å². The molecular weight excluding hydrogens is 265 g/mol. The fourth-order valence-electron chi connectivity index (χ4n) is 3.05. The zero-order chi connectivity index (χ0) is 14.8. The first-order valence-corrected chi connectivity index (χ1v) is 7.32. The van der Waals surface area contributed by atoms with E-state index < -0.39 is 0 Å². The SMILES string of the molecule is CN/C(=C\c1cccnc1)C1=CNC2CC(C)C(F)=CC12. The van der Waals surface area contributed by atoms with Crippen LogP contribution in [0.3, 0.4) is 0 Å². The third-order valence-electron chi connectivity index (χ3n) is 4.24. The third-order valence-corrected chi connectivity index (χ3v) is 4.24. The number of pyridine rings is 1. The minimum Gasteiger partial charge on any atom is -0.388 e. The summed E-state index contributed by atoms with van der Waals surface area (Å²) in [7, 11) is 1.89. The zero-order valence-electron chi connectivity index (χ0n) is 12.3. The average molecular weight is 285 g/mol. The van der Waals surface area contributed by atoms with E-state index in [0.717, 1.165) is 23.3 Å². The van der Waals surface area contributed by atoms with Gasteiger partial charge in [-0.2, -0.15) is 0 Å². The lowest BCUT2D eigenvalue weighted by Gasteiger charge is -2.28. The second kappa shape index (κ2) is 5.72. The van der Waals surface area contributed by atoms with Crippen molar-refractivity contribution in [3.8, 4) is 0 Å². The molecule has 0 saturated heterocycles. The predicted molar refractivity (Wildman–Crippen MR) is 82.7 cm³/mol. The van der Waals surface area contributed by atoms with Crippen LogP contribution in [0, 0.1) is 11.8 Å². The highest BCUT2D eigenvalue weighted by Crippen LogP contribution is 2.38. The maximum Gasteiger partial charge on any atom is 0.0995 e. The van der Waals surface area contributed by atoms with E-state index >= 15 is 0 Å². The molecule has 3 nitrogen and oxygen atoms in total. The number of nitrogens with one attached hydrogen (secondary N) is 2. The summed E-state index contributed by atoms with van der Waals surface area (Å²) in [5.74, 6) is 0.103. The van der Waals surface area contributed by atoms with Crippen LogP contribution in [0.25, 0.3) is 6.08 Å². The van der Waals surface area contributed by atoms with Gasteiger partial charge in [0.25, 0.3) is 0 Å². The molecule has 2 N–H and O–H groups in total. The van der Waals surface area contributed by atoms with Crippen molar-refractivity contribution in [3.05, 3.63) is 59.5 Å². The highest BCUT2D eigenvalue weighted by Gasteiger charge is 2.35. The number of fused-ring (bicyclic) bond motifs is 1. The second-order valence-electron chi connectivity index (χ2n) is 5.68. The van der Waals surface area contributed by atoms with Crippen LogP contribution in [0.4, 0.5) is 4.39 Å². The van der Waals surface area contributed by atoms with Crippen LogP contribution in [0.2, 0.25) is 0 Å². The number of hydrogen-bond donors (Lipinski definition) is 2. The number of likely N-dealkylation sites (N-methyl/N-ethyl adjacent to an activating group) is 1.